The van der Waals surface area contributed by atoms with Crippen LogP contribution in [0.3, 0.4) is 0 Å². The summed E-state index contributed by atoms with van der Waals surface area (Å²) in [6.45, 7) is 9.94. The van der Waals surface area contributed by atoms with Gasteiger partial charge in [-0.15, -0.1) is 0 Å². The minimum Gasteiger partial charge on any atom is -0.371 e. The molecule has 0 saturated carbocycles. The van der Waals surface area contributed by atoms with Crippen LogP contribution in [-0.2, 0) is 0 Å². The quantitative estimate of drug-likeness (QED) is 0.712. The number of aliphatic imine (C=N–C) groups is 1. The predicted octanol–water partition coefficient (Wildman–Crippen LogP) is 2.45. The first-order valence-corrected chi connectivity index (χ1v) is 5.41. The van der Waals surface area contributed by atoms with Crippen molar-refractivity contribution in [1.82, 2.24) is 5.32 Å². The summed E-state index contributed by atoms with van der Waals surface area (Å²) in [5.74, 6) is 2.63. The average Bonchev–Trinajstić information content (AvgIpc) is 2.11. The lowest BCUT2D eigenvalue weighted by Crippen LogP contribution is -2.44. The van der Waals surface area contributed by atoms with Crippen molar-refractivity contribution in [2.24, 2.45) is 16.8 Å². The third-order valence-electron chi connectivity index (χ3n) is 3.05. The fourth-order valence-corrected chi connectivity index (χ4v) is 1.76. The first-order valence-electron chi connectivity index (χ1n) is 5.41. The molecule has 1 aliphatic heterocycles. The van der Waals surface area contributed by atoms with Gasteiger partial charge in [-0.3, -0.25) is 4.99 Å². The molecule has 0 aromatic carbocycles. The van der Waals surface area contributed by atoms with Crippen LogP contribution in [0.15, 0.2) is 4.99 Å². The molecule has 1 N–H and O–H groups in total. The van der Waals surface area contributed by atoms with Gasteiger partial charge in [0.05, 0.1) is 5.84 Å². The Balaban J connectivity index is 2.45. The fourth-order valence-electron chi connectivity index (χ4n) is 1.76. The van der Waals surface area contributed by atoms with Gasteiger partial charge >= 0.3 is 0 Å². The van der Waals surface area contributed by atoms with Crippen molar-refractivity contribution in [3.63, 3.8) is 0 Å². The van der Waals surface area contributed by atoms with Crippen LogP contribution < -0.4 is 5.32 Å². The highest BCUT2D eigenvalue weighted by atomic mass is 15.1. The average molecular weight is 182 g/mol. The molecule has 0 bridgehead atoms. The second kappa shape index (κ2) is 4.64. The molecule has 76 valence electrons. The maximum absolute atomic E-state index is 4.40. The second-order valence-corrected chi connectivity index (χ2v) is 4.40. The number of nitrogens with zero attached hydrogens (tertiary/aromatic N) is 1. The van der Waals surface area contributed by atoms with Crippen molar-refractivity contribution >= 4 is 5.84 Å². The zero-order valence-electron chi connectivity index (χ0n) is 9.30. The van der Waals surface area contributed by atoms with Gasteiger partial charge in [-0.2, -0.15) is 0 Å². The smallest absolute Gasteiger partial charge is 0.0933 e. The molecule has 0 radical (unpaired) electrons. The van der Waals surface area contributed by atoms with E-state index in [1.165, 1.54) is 12.8 Å². The number of nitrogens with one attached hydrogen (secondary N) is 1. The summed E-state index contributed by atoms with van der Waals surface area (Å²) in [4.78, 5) is 4.40. The lowest BCUT2D eigenvalue weighted by Gasteiger charge is -2.30. The summed E-state index contributed by atoms with van der Waals surface area (Å²) in [7, 11) is 0. The van der Waals surface area contributed by atoms with E-state index in [-0.39, 0.29) is 0 Å². The summed E-state index contributed by atoms with van der Waals surface area (Å²) < 4.78 is 0. The van der Waals surface area contributed by atoms with Gasteiger partial charge in [0.2, 0.25) is 0 Å². The van der Waals surface area contributed by atoms with Crippen LogP contribution >= 0.6 is 0 Å². The van der Waals surface area contributed by atoms with Crippen LogP contribution in [0.4, 0.5) is 0 Å². The molecule has 1 heterocycles. The molecule has 2 heteroatoms. The number of hydrogen-bond acceptors (Lipinski definition) is 2. The summed E-state index contributed by atoms with van der Waals surface area (Å²) in [5, 5.41) is 3.48. The van der Waals surface area contributed by atoms with Crippen LogP contribution in [0.1, 0.15) is 40.5 Å². The molecule has 0 aliphatic carbocycles. The van der Waals surface area contributed by atoms with Gasteiger partial charge in [-0.1, -0.05) is 27.2 Å². The molecule has 2 unspecified atom stereocenters. The van der Waals surface area contributed by atoms with Crippen molar-refractivity contribution in [3.05, 3.63) is 0 Å². The Morgan fingerprint density at radius 1 is 1.62 bits per heavy atom. The zero-order chi connectivity index (χ0) is 9.84. The Kier molecular flexibility index (Phi) is 3.76. The van der Waals surface area contributed by atoms with E-state index in [2.05, 4.69) is 38.0 Å². The fraction of sp³-hybridized carbons (Fsp3) is 0.909. The molecule has 2 nitrogen and oxygen atoms in total. The summed E-state index contributed by atoms with van der Waals surface area (Å²) >= 11 is 0. The topological polar surface area (TPSA) is 24.4 Å². The highest BCUT2D eigenvalue weighted by Crippen LogP contribution is 2.18. The summed E-state index contributed by atoms with van der Waals surface area (Å²) in [6.07, 6.45) is 2.56. The van der Waals surface area contributed by atoms with Gasteiger partial charge in [0.1, 0.15) is 0 Å². The molecule has 13 heavy (non-hydrogen) atoms. The third-order valence-corrected chi connectivity index (χ3v) is 3.05. The standard InChI is InChI=1S/C11H22N2/c1-5-8(2)6-11-9(3)7-12-10(4)13-11/h8-9,11H,5-7H2,1-4H3,(H,12,13)/t8?,9?,11-/m1/s1. The molecular formula is C11H22N2. The lowest BCUT2D eigenvalue weighted by atomic mass is 9.90. The van der Waals surface area contributed by atoms with Crippen molar-refractivity contribution in [2.75, 3.05) is 6.54 Å². The van der Waals surface area contributed by atoms with Crippen molar-refractivity contribution < 1.29 is 0 Å². The van der Waals surface area contributed by atoms with Crippen molar-refractivity contribution in [1.29, 1.82) is 0 Å². The monoisotopic (exact) mass is 182 g/mol. The minimum absolute atomic E-state index is 0.646. The third kappa shape index (κ3) is 3.02. The van der Waals surface area contributed by atoms with Gasteiger partial charge in [-0.25, -0.2) is 0 Å². The molecule has 0 aromatic heterocycles. The summed E-state index contributed by atoms with van der Waals surface area (Å²) in [5.41, 5.74) is 0. The number of amidine groups is 1. The van der Waals surface area contributed by atoms with Crippen molar-refractivity contribution in [3.8, 4) is 0 Å². The van der Waals surface area contributed by atoms with E-state index in [4.69, 9.17) is 0 Å². The van der Waals surface area contributed by atoms with Crippen LogP contribution in [0.25, 0.3) is 0 Å². The Labute approximate surface area is 81.8 Å². The predicted molar refractivity (Wildman–Crippen MR) is 58.1 cm³/mol. The number of hydrogen-bond donors (Lipinski definition) is 1. The maximum Gasteiger partial charge on any atom is 0.0933 e. The molecule has 0 fully saturated rings. The van der Waals surface area contributed by atoms with Gasteiger partial charge in [0.15, 0.2) is 0 Å². The Morgan fingerprint density at radius 2 is 2.31 bits per heavy atom. The van der Waals surface area contributed by atoms with Gasteiger partial charge in [-0.05, 0) is 25.2 Å². The normalized spacial score (nSPS) is 30.6. The van der Waals surface area contributed by atoms with E-state index in [0.717, 1.165) is 18.3 Å². The molecule has 3 atom stereocenters. The lowest BCUT2D eigenvalue weighted by molar-refractivity contribution is 0.334. The largest absolute Gasteiger partial charge is 0.371 e. The number of rotatable bonds is 3. The van der Waals surface area contributed by atoms with Crippen LogP contribution in [0.5, 0.6) is 0 Å². The molecule has 0 saturated heterocycles. The van der Waals surface area contributed by atoms with Crippen LogP contribution in [0, 0.1) is 11.8 Å². The van der Waals surface area contributed by atoms with Gasteiger partial charge in [0.25, 0.3) is 0 Å². The van der Waals surface area contributed by atoms with Gasteiger partial charge < -0.3 is 5.32 Å². The van der Waals surface area contributed by atoms with Crippen molar-refractivity contribution in [2.45, 2.75) is 46.6 Å². The Hall–Kier alpha value is -0.530. The molecule has 1 aliphatic rings. The highest BCUT2D eigenvalue weighted by molar-refractivity contribution is 5.80. The van der Waals surface area contributed by atoms with E-state index >= 15 is 0 Å². The highest BCUT2D eigenvalue weighted by Gasteiger charge is 2.22. The first-order chi connectivity index (χ1) is 6.13. The van der Waals surface area contributed by atoms with Crippen LogP contribution in [-0.4, -0.2) is 18.4 Å². The van der Waals surface area contributed by atoms with E-state index < -0.39 is 0 Å². The SMILES string of the molecule is CCC(C)C[C@H]1NC(C)=NCC1C. The van der Waals surface area contributed by atoms with Gasteiger partial charge in [0, 0.05) is 12.6 Å². The van der Waals surface area contributed by atoms with E-state index in [9.17, 15) is 0 Å². The molecule has 0 spiro atoms. The minimum atomic E-state index is 0.646. The Bertz CT molecular complexity index is 187. The molecule has 0 aromatic rings. The van der Waals surface area contributed by atoms with Crippen LogP contribution in [0.2, 0.25) is 0 Å². The molecular weight excluding hydrogens is 160 g/mol. The Morgan fingerprint density at radius 3 is 2.92 bits per heavy atom. The zero-order valence-corrected chi connectivity index (χ0v) is 9.30. The van der Waals surface area contributed by atoms with E-state index in [1.54, 1.807) is 0 Å². The maximum atomic E-state index is 4.40. The first kappa shape index (κ1) is 10.6. The van der Waals surface area contributed by atoms with E-state index in [1.807, 2.05) is 0 Å². The molecule has 0 amide bonds. The molecule has 1 rings (SSSR count). The summed E-state index contributed by atoms with van der Waals surface area (Å²) in [6, 6.07) is 0.646. The second-order valence-electron chi connectivity index (χ2n) is 4.40. The van der Waals surface area contributed by atoms with E-state index in [0.29, 0.717) is 12.0 Å².